The van der Waals surface area contributed by atoms with E-state index in [1.807, 2.05) is 6.07 Å². The number of hydrogen-bond donors (Lipinski definition) is 0. The van der Waals surface area contributed by atoms with Crippen molar-refractivity contribution in [2.24, 2.45) is 5.92 Å². The second-order valence-corrected chi connectivity index (χ2v) is 4.19. The summed E-state index contributed by atoms with van der Waals surface area (Å²) in [6.07, 6.45) is 2.12. The minimum absolute atomic E-state index is 0.293. The standard InChI is InChI=1S/C14H17NO2/c1-3-11(2)10-17-14-7-12(4-5-15)6-13(8-14)9-16/h6-9,11H,3-4,10H2,1-2H3/t11-/m0/s1. The Balaban J connectivity index is 2.80. The molecule has 3 heteroatoms. The summed E-state index contributed by atoms with van der Waals surface area (Å²) < 4.78 is 5.62. The quantitative estimate of drug-likeness (QED) is 0.707. The van der Waals surface area contributed by atoms with E-state index in [1.54, 1.807) is 12.1 Å². The maximum atomic E-state index is 10.8. The third kappa shape index (κ3) is 4.28. The molecular formula is C14H17NO2. The Kier molecular flexibility index (Phi) is 5.22. The average molecular weight is 231 g/mol. The molecule has 0 spiro atoms. The molecule has 0 heterocycles. The summed E-state index contributed by atoms with van der Waals surface area (Å²) in [7, 11) is 0. The zero-order chi connectivity index (χ0) is 12.7. The molecule has 1 aromatic carbocycles. The Hall–Kier alpha value is -1.82. The third-order valence-corrected chi connectivity index (χ3v) is 2.64. The molecule has 0 radical (unpaired) electrons. The molecule has 0 bridgehead atoms. The fourth-order valence-electron chi connectivity index (χ4n) is 1.39. The summed E-state index contributed by atoms with van der Waals surface area (Å²) in [4.78, 5) is 10.8. The van der Waals surface area contributed by atoms with Crippen LogP contribution in [0.3, 0.4) is 0 Å². The van der Waals surface area contributed by atoms with Crippen molar-refractivity contribution in [3.05, 3.63) is 29.3 Å². The SMILES string of the molecule is CC[C@H](C)COc1cc(C=O)cc(CC#N)c1. The number of hydrogen-bond acceptors (Lipinski definition) is 3. The van der Waals surface area contributed by atoms with E-state index in [0.29, 0.717) is 30.3 Å². The number of rotatable bonds is 6. The Morgan fingerprint density at radius 1 is 1.47 bits per heavy atom. The number of nitriles is 1. The first-order chi connectivity index (χ1) is 8.19. The van der Waals surface area contributed by atoms with Gasteiger partial charge in [0.2, 0.25) is 0 Å². The van der Waals surface area contributed by atoms with Gasteiger partial charge in [-0.05, 0) is 29.7 Å². The molecule has 0 fully saturated rings. The maximum Gasteiger partial charge on any atom is 0.150 e. The molecule has 0 aromatic heterocycles. The van der Waals surface area contributed by atoms with Crippen molar-refractivity contribution in [2.45, 2.75) is 26.7 Å². The maximum absolute atomic E-state index is 10.8. The van der Waals surface area contributed by atoms with E-state index in [4.69, 9.17) is 10.00 Å². The number of benzene rings is 1. The minimum Gasteiger partial charge on any atom is -0.493 e. The molecule has 17 heavy (non-hydrogen) atoms. The summed E-state index contributed by atoms with van der Waals surface area (Å²) in [5.74, 6) is 1.15. The van der Waals surface area contributed by atoms with E-state index in [0.717, 1.165) is 18.3 Å². The van der Waals surface area contributed by atoms with Gasteiger partial charge in [-0.1, -0.05) is 20.3 Å². The van der Waals surface area contributed by atoms with E-state index in [1.165, 1.54) is 0 Å². The van der Waals surface area contributed by atoms with Gasteiger partial charge >= 0.3 is 0 Å². The van der Waals surface area contributed by atoms with Crippen LogP contribution in [0.1, 0.15) is 36.2 Å². The van der Waals surface area contributed by atoms with Crippen LogP contribution in [-0.4, -0.2) is 12.9 Å². The molecule has 0 saturated carbocycles. The lowest BCUT2D eigenvalue weighted by Gasteiger charge is -2.12. The number of ether oxygens (including phenoxy) is 1. The van der Waals surface area contributed by atoms with Gasteiger partial charge < -0.3 is 4.74 Å². The van der Waals surface area contributed by atoms with Crippen molar-refractivity contribution in [1.29, 1.82) is 5.26 Å². The fourth-order valence-corrected chi connectivity index (χ4v) is 1.39. The second-order valence-electron chi connectivity index (χ2n) is 4.19. The van der Waals surface area contributed by atoms with Gasteiger partial charge in [0.25, 0.3) is 0 Å². The molecule has 0 unspecified atom stereocenters. The molecule has 90 valence electrons. The van der Waals surface area contributed by atoms with Crippen LogP contribution in [0.25, 0.3) is 0 Å². The van der Waals surface area contributed by atoms with Crippen LogP contribution in [-0.2, 0) is 6.42 Å². The minimum atomic E-state index is 0.293. The molecule has 0 aliphatic carbocycles. The first-order valence-corrected chi connectivity index (χ1v) is 5.78. The van der Waals surface area contributed by atoms with Gasteiger partial charge in [-0.15, -0.1) is 0 Å². The van der Waals surface area contributed by atoms with Crippen LogP contribution in [0.4, 0.5) is 0 Å². The van der Waals surface area contributed by atoms with E-state index >= 15 is 0 Å². The average Bonchev–Trinajstić information content (AvgIpc) is 2.36. The molecule has 1 atom stereocenters. The zero-order valence-electron chi connectivity index (χ0n) is 10.3. The van der Waals surface area contributed by atoms with Crippen molar-refractivity contribution >= 4 is 6.29 Å². The van der Waals surface area contributed by atoms with Crippen molar-refractivity contribution in [1.82, 2.24) is 0 Å². The Morgan fingerprint density at radius 3 is 2.82 bits per heavy atom. The highest BCUT2D eigenvalue weighted by Crippen LogP contribution is 2.18. The lowest BCUT2D eigenvalue weighted by molar-refractivity contribution is 0.112. The molecular weight excluding hydrogens is 214 g/mol. The summed E-state index contributed by atoms with van der Waals surface area (Å²) in [5.41, 5.74) is 1.37. The van der Waals surface area contributed by atoms with Crippen LogP contribution in [0, 0.1) is 17.2 Å². The highest BCUT2D eigenvalue weighted by Gasteiger charge is 2.04. The van der Waals surface area contributed by atoms with Crippen molar-refractivity contribution < 1.29 is 9.53 Å². The van der Waals surface area contributed by atoms with Crippen LogP contribution in [0.5, 0.6) is 5.75 Å². The van der Waals surface area contributed by atoms with Gasteiger partial charge in [-0.2, -0.15) is 5.26 Å². The Labute approximate surface area is 102 Å². The highest BCUT2D eigenvalue weighted by atomic mass is 16.5. The van der Waals surface area contributed by atoms with Gasteiger partial charge in [0.1, 0.15) is 12.0 Å². The first kappa shape index (κ1) is 13.2. The van der Waals surface area contributed by atoms with Crippen molar-refractivity contribution in [3.63, 3.8) is 0 Å². The second kappa shape index (κ2) is 6.70. The fraction of sp³-hybridized carbons (Fsp3) is 0.429. The topological polar surface area (TPSA) is 50.1 Å². The molecule has 3 nitrogen and oxygen atoms in total. The number of carbonyl (C=O) groups excluding carboxylic acids is 1. The van der Waals surface area contributed by atoms with Gasteiger partial charge in [0.05, 0.1) is 19.1 Å². The lowest BCUT2D eigenvalue weighted by Crippen LogP contribution is -2.07. The number of nitrogens with zero attached hydrogens (tertiary/aromatic N) is 1. The molecule has 1 rings (SSSR count). The number of carbonyl (C=O) groups is 1. The van der Waals surface area contributed by atoms with Crippen LogP contribution < -0.4 is 4.74 Å². The van der Waals surface area contributed by atoms with Gasteiger partial charge in [-0.25, -0.2) is 0 Å². The Bertz CT molecular complexity index is 421. The van der Waals surface area contributed by atoms with Crippen molar-refractivity contribution in [3.8, 4) is 11.8 Å². The van der Waals surface area contributed by atoms with Crippen LogP contribution in [0.15, 0.2) is 18.2 Å². The third-order valence-electron chi connectivity index (χ3n) is 2.64. The predicted octanol–water partition coefficient (Wildman–Crippen LogP) is 2.99. The lowest BCUT2D eigenvalue weighted by atomic mass is 10.1. The monoisotopic (exact) mass is 231 g/mol. The molecule has 1 aromatic rings. The predicted molar refractivity (Wildman–Crippen MR) is 66.1 cm³/mol. The summed E-state index contributed by atoms with van der Waals surface area (Å²) in [6.45, 7) is 4.85. The normalized spacial score (nSPS) is 11.6. The molecule has 0 aliphatic rings. The molecule has 0 N–H and O–H groups in total. The van der Waals surface area contributed by atoms with Crippen molar-refractivity contribution in [2.75, 3.05) is 6.61 Å². The zero-order valence-corrected chi connectivity index (χ0v) is 10.3. The smallest absolute Gasteiger partial charge is 0.150 e. The molecule has 0 saturated heterocycles. The van der Waals surface area contributed by atoms with Gasteiger partial charge in [0.15, 0.2) is 0 Å². The van der Waals surface area contributed by atoms with E-state index in [-0.39, 0.29) is 0 Å². The van der Waals surface area contributed by atoms with Crippen LogP contribution in [0.2, 0.25) is 0 Å². The molecule has 0 aliphatic heterocycles. The Morgan fingerprint density at radius 2 is 2.24 bits per heavy atom. The molecule has 0 amide bonds. The van der Waals surface area contributed by atoms with Gasteiger partial charge in [0, 0.05) is 5.56 Å². The summed E-state index contributed by atoms with van der Waals surface area (Å²) in [5, 5.41) is 8.65. The van der Waals surface area contributed by atoms with E-state index in [2.05, 4.69) is 19.9 Å². The largest absolute Gasteiger partial charge is 0.493 e. The van der Waals surface area contributed by atoms with Gasteiger partial charge in [-0.3, -0.25) is 4.79 Å². The van der Waals surface area contributed by atoms with E-state index < -0.39 is 0 Å². The van der Waals surface area contributed by atoms with E-state index in [9.17, 15) is 4.79 Å². The first-order valence-electron chi connectivity index (χ1n) is 5.78. The summed E-state index contributed by atoms with van der Waals surface area (Å²) >= 11 is 0. The highest BCUT2D eigenvalue weighted by molar-refractivity contribution is 5.76. The number of aldehydes is 1. The van der Waals surface area contributed by atoms with Crippen LogP contribution >= 0.6 is 0 Å². The summed E-state index contributed by atoms with van der Waals surface area (Å²) in [6, 6.07) is 7.30.